The van der Waals surface area contributed by atoms with Gasteiger partial charge in [-0.25, -0.2) is 9.59 Å². The van der Waals surface area contributed by atoms with E-state index >= 15 is 0 Å². The minimum atomic E-state index is -4.28. The van der Waals surface area contributed by atoms with E-state index < -0.39 is 10.2 Å². The van der Waals surface area contributed by atoms with Gasteiger partial charge in [0, 0.05) is 0 Å². The van der Waals surface area contributed by atoms with Crippen LogP contribution >= 0.6 is 0 Å². The van der Waals surface area contributed by atoms with E-state index in [1.165, 1.54) is 0 Å². The fourth-order valence-electron chi connectivity index (χ4n) is 0.500. The van der Waals surface area contributed by atoms with Crippen molar-refractivity contribution in [2.75, 3.05) is 0 Å². The Morgan fingerprint density at radius 1 is 0.733 bits per heavy atom. The highest BCUT2D eigenvalue weighted by molar-refractivity contribution is 7.89. The fourth-order valence-corrected chi connectivity index (χ4v) is 0.729. The van der Waals surface area contributed by atoms with Crippen molar-refractivity contribution in [1.29, 1.82) is 0 Å². The quantitative estimate of drug-likeness (QED) is 0.544. The summed E-state index contributed by atoms with van der Waals surface area (Å²) in [5.41, 5.74) is 0. The van der Waals surface area contributed by atoms with Crippen molar-refractivity contribution in [2.45, 2.75) is 0 Å². The number of isocyanates is 2. The highest BCUT2D eigenvalue weighted by Crippen LogP contribution is 1.87. The second-order valence-electron chi connectivity index (χ2n) is 1.97. The van der Waals surface area contributed by atoms with E-state index in [0.29, 0.717) is 12.2 Å². The summed E-state index contributed by atoms with van der Waals surface area (Å²) in [6, 6.07) is 12.0. The molecule has 0 aromatic heterocycles. The van der Waals surface area contributed by atoms with E-state index in [1.54, 1.807) is 0 Å². The number of hydrogen-bond donors (Lipinski definition) is 0. The lowest BCUT2D eigenvalue weighted by Gasteiger charge is -1.72. The summed E-state index contributed by atoms with van der Waals surface area (Å²) in [5, 5.41) is 0. The molecule has 0 unspecified atom stereocenters. The van der Waals surface area contributed by atoms with E-state index in [-0.39, 0.29) is 0 Å². The van der Waals surface area contributed by atoms with E-state index in [2.05, 4.69) is 8.80 Å². The molecule has 0 aliphatic rings. The lowest BCUT2D eigenvalue weighted by molar-refractivity contribution is 0.561. The van der Waals surface area contributed by atoms with Gasteiger partial charge in [-0.2, -0.15) is 8.42 Å². The largest absolute Gasteiger partial charge is 0.383 e. The summed E-state index contributed by atoms with van der Waals surface area (Å²) >= 11 is 0. The first-order chi connectivity index (χ1) is 7.12. The highest BCUT2D eigenvalue weighted by atomic mass is 32.2. The van der Waals surface area contributed by atoms with Gasteiger partial charge in [-0.1, -0.05) is 45.2 Å². The Hall–Kier alpha value is -2.07. The van der Waals surface area contributed by atoms with Gasteiger partial charge in [0.2, 0.25) is 0 Å². The molecule has 1 rings (SSSR count). The molecule has 78 valence electrons. The molecule has 0 N–H and O–H groups in total. The van der Waals surface area contributed by atoms with Gasteiger partial charge >= 0.3 is 10.2 Å². The molecule has 0 heterocycles. The molecule has 7 heteroatoms. The molecule has 0 aliphatic heterocycles. The molecule has 1 aromatic rings. The Kier molecular flexibility index (Phi) is 6.33. The van der Waals surface area contributed by atoms with Gasteiger partial charge in [0.1, 0.15) is 0 Å². The Morgan fingerprint density at radius 3 is 1.20 bits per heavy atom. The second kappa shape index (κ2) is 7.34. The van der Waals surface area contributed by atoms with Crippen LogP contribution in [0.2, 0.25) is 0 Å². The summed E-state index contributed by atoms with van der Waals surface area (Å²) in [6.07, 6.45) is 1.41. The third-order valence-corrected chi connectivity index (χ3v) is 1.58. The Bertz CT molecular complexity index is 420. The number of carbonyl (C=O) groups excluding carboxylic acids is 2. The van der Waals surface area contributed by atoms with Crippen LogP contribution in [0.25, 0.3) is 0 Å². The smallest absolute Gasteiger partial charge is 0.210 e. The first-order valence-electron chi connectivity index (χ1n) is 3.55. The Balaban J connectivity index is 0.000000280. The molecular formula is C8H6N2O4S. The van der Waals surface area contributed by atoms with Gasteiger partial charge in [0.05, 0.1) is 0 Å². The molecule has 0 amide bonds. The molecule has 0 radical (unpaired) electrons. The molecule has 0 atom stereocenters. The van der Waals surface area contributed by atoms with E-state index in [1.807, 2.05) is 36.4 Å². The van der Waals surface area contributed by atoms with Crippen molar-refractivity contribution in [3.8, 4) is 0 Å². The second-order valence-corrected chi connectivity index (χ2v) is 3.23. The van der Waals surface area contributed by atoms with Crippen LogP contribution in [0.4, 0.5) is 0 Å². The number of nitrogens with zero attached hydrogens (tertiary/aromatic N) is 2. The molecule has 15 heavy (non-hydrogen) atoms. The van der Waals surface area contributed by atoms with Crippen molar-refractivity contribution < 1.29 is 18.0 Å². The van der Waals surface area contributed by atoms with Gasteiger partial charge in [-0.3, -0.25) is 0 Å². The number of hydrogen-bond acceptors (Lipinski definition) is 4. The molecular weight excluding hydrogens is 220 g/mol. The Morgan fingerprint density at radius 2 is 1.00 bits per heavy atom. The summed E-state index contributed by atoms with van der Waals surface area (Å²) in [5.74, 6) is 0. The highest BCUT2D eigenvalue weighted by Gasteiger charge is 2.00. The van der Waals surface area contributed by atoms with Crippen LogP contribution < -0.4 is 0 Å². The maximum absolute atomic E-state index is 9.97. The summed E-state index contributed by atoms with van der Waals surface area (Å²) < 4.78 is 24.3. The predicted octanol–water partition coefficient (Wildman–Crippen LogP) is 0.589. The summed E-state index contributed by atoms with van der Waals surface area (Å²) in [6.45, 7) is 0. The van der Waals surface area contributed by atoms with Crippen LogP contribution in [-0.2, 0) is 19.8 Å². The van der Waals surface area contributed by atoms with Crippen LogP contribution in [0, 0.1) is 0 Å². The van der Waals surface area contributed by atoms with Crippen molar-refractivity contribution in [3.05, 3.63) is 36.4 Å². The van der Waals surface area contributed by atoms with E-state index in [0.717, 1.165) is 0 Å². The summed E-state index contributed by atoms with van der Waals surface area (Å²) in [7, 11) is -4.28. The zero-order chi connectivity index (χ0) is 11.6. The van der Waals surface area contributed by atoms with Crippen LogP contribution in [0.5, 0.6) is 0 Å². The van der Waals surface area contributed by atoms with Crippen molar-refractivity contribution in [2.24, 2.45) is 8.80 Å². The van der Waals surface area contributed by atoms with Gasteiger partial charge in [-0.15, -0.1) is 0 Å². The van der Waals surface area contributed by atoms with E-state index in [4.69, 9.17) is 0 Å². The zero-order valence-electron chi connectivity index (χ0n) is 7.40. The molecule has 0 bridgehead atoms. The lowest BCUT2D eigenvalue weighted by Crippen LogP contribution is -1.86. The average Bonchev–Trinajstić information content (AvgIpc) is 2.21. The van der Waals surface area contributed by atoms with Crippen LogP contribution in [-0.4, -0.2) is 20.6 Å². The molecule has 0 saturated carbocycles. The normalized spacial score (nSPS) is 8.53. The number of benzene rings is 1. The maximum Gasteiger partial charge on any atom is 0.383 e. The van der Waals surface area contributed by atoms with Crippen LogP contribution in [0.1, 0.15) is 0 Å². The van der Waals surface area contributed by atoms with E-state index in [9.17, 15) is 18.0 Å². The van der Waals surface area contributed by atoms with Crippen LogP contribution in [0.15, 0.2) is 45.2 Å². The molecule has 0 spiro atoms. The molecule has 1 aromatic carbocycles. The standard InChI is InChI=1S/C6H6.C2N2O4S/c1-2-4-6-5-3-1;5-1-3-9(7,8)4-2-6/h1-6H;. The molecule has 0 fully saturated rings. The SMILES string of the molecule is O=C=NS(=O)(=O)N=C=O.c1ccccc1. The summed E-state index contributed by atoms with van der Waals surface area (Å²) in [4.78, 5) is 18.5. The van der Waals surface area contributed by atoms with Crippen LogP contribution in [0.3, 0.4) is 0 Å². The first kappa shape index (κ1) is 12.9. The average molecular weight is 226 g/mol. The van der Waals surface area contributed by atoms with Crippen molar-refractivity contribution in [3.63, 3.8) is 0 Å². The number of rotatable bonds is 2. The third-order valence-electron chi connectivity index (χ3n) is 0.972. The van der Waals surface area contributed by atoms with Crippen molar-refractivity contribution >= 4 is 22.4 Å². The monoisotopic (exact) mass is 226 g/mol. The van der Waals surface area contributed by atoms with Gasteiger partial charge in [-0.05, 0) is 0 Å². The minimum Gasteiger partial charge on any atom is -0.210 e. The fraction of sp³-hybridized carbons (Fsp3) is 0. The topological polar surface area (TPSA) is 93.0 Å². The van der Waals surface area contributed by atoms with Gasteiger partial charge in [0.15, 0.2) is 0 Å². The van der Waals surface area contributed by atoms with Crippen molar-refractivity contribution in [1.82, 2.24) is 0 Å². The zero-order valence-corrected chi connectivity index (χ0v) is 8.22. The molecule has 0 saturated heterocycles. The third kappa shape index (κ3) is 8.27. The van der Waals surface area contributed by atoms with Gasteiger partial charge in [0.25, 0.3) is 12.2 Å². The maximum atomic E-state index is 9.97. The molecule has 0 aliphatic carbocycles. The lowest BCUT2D eigenvalue weighted by atomic mass is 10.4. The first-order valence-corrected chi connectivity index (χ1v) is 4.95. The Labute approximate surface area is 86.2 Å². The molecule has 6 nitrogen and oxygen atoms in total. The predicted molar refractivity (Wildman–Crippen MR) is 51.6 cm³/mol. The minimum absolute atomic E-state index is 0.707. The van der Waals surface area contributed by atoms with Gasteiger partial charge < -0.3 is 0 Å².